The summed E-state index contributed by atoms with van der Waals surface area (Å²) < 4.78 is 0. The predicted molar refractivity (Wildman–Crippen MR) is 135 cm³/mol. The molecule has 166 valence electrons. The number of benzene rings is 3. The van der Waals surface area contributed by atoms with E-state index in [0.29, 0.717) is 17.5 Å². The van der Waals surface area contributed by atoms with Crippen LogP contribution in [-0.4, -0.2) is 16.0 Å². The molecule has 0 saturated heterocycles. The van der Waals surface area contributed by atoms with Crippen molar-refractivity contribution in [3.8, 4) is 0 Å². The van der Waals surface area contributed by atoms with Crippen LogP contribution in [0.3, 0.4) is 0 Å². The van der Waals surface area contributed by atoms with Crippen molar-refractivity contribution in [3.05, 3.63) is 95.7 Å². The Labute approximate surface area is 193 Å². The Hall–Kier alpha value is -4.39. The molecule has 0 aliphatic heterocycles. The van der Waals surface area contributed by atoms with Crippen molar-refractivity contribution < 1.29 is 4.79 Å². The second-order valence-electron chi connectivity index (χ2n) is 7.81. The minimum atomic E-state index is -0.289. The summed E-state index contributed by atoms with van der Waals surface area (Å²) in [4.78, 5) is 21.3. The number of anilines is 6. The molecule has 0 unspecified atom stereocenters. The van der Waals surface area contributed by atoms with Gasteiger partial charge >= 0.3 is 6.03 Å². The van der Waals surface area contributed by atoms with Gasteiger partial charge < -0.3 is 21.3 Å². The zero-order valence-electron chi connectivity index (χ0n) is 18.8. The molecule has 0 aliphatic rings. The first-order chi connectivity index (χ1) is 15.9. The van der Waals surface area contributed by atoms with Crippen LogP contribution in [0, 0.1) is 20.8 Å². The molecule has 0 aliphatic carbocycles. The third kappa shape index (κ3) is 6.07. The first kappa shape index (κ1) is 21.8. The number of nitrogens with zero attached hydrogens (tertiary/aromatic N) is 2. The van der Waals surface area contributed by atoms with Crippen LogP contribution in [0.5, 0.6) is 0 Å². The lowest BCUT2D eigenvalue weighted by atomic mass is 10.2. The molecule has 0 saturated carbocycles. The zero-order chi connectivity index (χ0) is 23.2. The Morgan fingerprint density at radius 2 is 1.33 bits per heavy atom. The molecule has 0 fully saturated rings. The summed E-state index contributed by atoms with van der Waals surface area (Å²) in [6.45, 7) is 5.92. The molecule has 1 heterocycles. The van der Waals surface area contributed by atoms with E-state index in [0.717, 1.165) is 28.3 Å². The third-order valence-electron chi connectivity index (χ3n) is 4.97. The topological polar surface area (TPSA) is 91.0 Å². The minimum Gasteiger partial charge on any atom is -0.340 e. The van der Waals surface area contributed by atoms with E-state index in [1.807, 2.05) is 99.6 Å². The minimum absolute atomic E-state index is 0.289. The van der Waals surface area contributed by atoms with Crippen LogP contribution in [0.15, 0.2) is 78.9 Å². The molecule has 0 spiro atoms. The molecule has 1 aromatic heterocycles. The number of carbonyl (C=O) groups is 1. The van der Waals surface area contributed by atoms with E-state index >= 15 is 0 Å². The number of aromatic nitrogens is 2. The molecular weight excluding hydrogens is 412 g/mol. The average molecular weight is 439 g/mol. The molecule has 7 nitrogen and oxygen atoms in total. The van der Waals surface area contributed by atoms with Gasteiger partial charge in [-0.2, -0.15) is 4.98 Å². The molecule has 2 amide bonds. The van der Waals surface area contributed by atoms with E-state index in [9.17, 15) is 4.79 Å². The maximum atomic E-state index is 12.3. The zero-order valence-corrected chi connectivity index (χ0v) is 18.8. The summed E-state index contributed by atoms with van der Waals surface area (Å²) in [6, 6.07) is 24.7. The Kier molecular flexibility index (Phi) is 6.50. The number of aryl methyl sites for hydroxylation is 3. The van der Waals surface area contributed by atoms with Gasteiger partial charge in [-0.1, -0.05) is 35.9 Å². The highest BCUT2D eigenvalue weighted by Gasteiger charge is 2.06. The number of hydrogen-bond acceptors (Lipinski definition) is 5. The Morgan fingerprint density at radius 1 is 0.697 bits per heavy atom. The Bertz CT molecular complexity index is 1250. The van der Waals surface area contributed by atoms with Crippen LogP contribution < -0.4 is 21.3 Å². The third-order valence-corrected chi connectivity index (χ3v) is 4.97. The summed E-state index contributed by atoms with van der Waals surface area (Å²) in [7, 11) is 0. The number of para-hydroxylation sites is 1. The smallest absolute Gasteiger partial charge is 0.323 e. The second-order valence-corrected chi connectivity index (χ2v) is 7.81. The van der Waals surface area contributed by atoms with E-state index in [1.54, 1.807) is 0 Å². The van der Waals surface area contributed by atoms with Crippen molar-refractivity contribution in [1.29, 1.82) is 0 Å². The Balaban J connectivity index is 1.39. The van der Waals surface area contributed by atoms with Gasteiger partial charge in [-0.05, 0) is 68.8 Å². The van der Waals surface area contributed by atoms with Crippen molar-refractivity contribution >= 4 is 40.5 Å². The van der Waals surface area contributed by atoms with Gasteiger partial charge in [0.2, 0.25) is 5.95 Å². The van der Waals surface area contributed by atoms with E-state index in [2.05, 4.69) is 31.2 Å². The van der Waals surface area contributed by atoms with E-state index in [1.165, 1.54) is 5.56 Å². The Morgan fingerprint density at radius 3 is 2.06 bits per heavy atom. The quantitative estimate of drug-likeness (QED) is 0.275. The molecular formula is C26H26N6O. The lowest BCUT2D eigenvalue weighted by Gasteiger charge is -2.12. The molecule has 0 atom stereocenters. The number of amides is 2. The number of urea groups is 1. The monoisotopic (exact) mass is 438 g/mol. The fourth-order valence-corrected chi connectivity index (χ4v) is 3.24. The van der Waals surface area contributed by atoms with Crippen LogP contribution in [0.4, 0.5) is 39.3 Å². The standard InChI is InChI=1S/C26H26N6O/c1-17-8-10-21(11-9-17)29-25-27-19(3)16-24(32-25)28-20-12-14-22(15-13-20)30-26(33)31-23-7-5-4-6-18(23)2/h4-16H,1-3H3,(H2,30,31,33)(H2,27,28,29,32). The first-order valence-corrected chi connectivity index (χ1v) is 10.6. The first-order valence-electron chi connectivity index (χ1n) is 10.6. The van der Waals surface area contributed by atoms with Gasteiger partial charge in [-0.25, -0.2) is 9.78 Å². The SMILES string of the molecule is Cc1ccc(Nc2nc(C)cc(Nc3ccc(NC(=O)Nc4ccccc4C)cc3)n2)cc1. The number of nitrogens with one attached hydrogen (secondary N) is 4. The van der Waals surface area contributed by atoms with E-state index in [-0.39, 0.29) is 6.03 Å². The average Bonchev–Trinajstić information content (AvgIpc) is 2.78. The highest BCUT2D eigenvalue weighted by molar-refractivity contribution is 6.00. The van der Waals surface area contributed by atoms with Crippen LogP contribution >= 0.6 is 0 Å². The van der Waals surface area contributed by atoms with Crippen LogP contribution in [0.25, 0.3) is 0 Å². The van der Waals surface area contributed by atoms with E-state index in [4.69, 9.17) is 0 Å². The predicted octanol–water partition coefficient (Wildman–Crippen LogP) is 6.53. The van der Waals surface area contributed by atoms with Gasteiger partial charge in [-0.3, -0.25) is 0 Å². The summed E-state index contributed by atoms with van der Waals surface area (Å²) in [6.07, 6.45) is 0. The second kappa shape index (κ2) is 9.82. The molecule has 33 heavy (non-hydrogen) atoms. The molecule has 4 aromatic rings. The lowest BCUT2D eigenvalue weighted by molar-refractivity contribution is 0.262. The maximum Gasteiger partial charge on any atom is 0.323 e. The molecule has 0 bridgehead atoms. The van der Waals surface area contributed by atoms with Crippen molar-refractivity contribution in [2.75, 3.05) is 21.3 Å². The summed E-state index contributed by atoms with van der Waals surface area (Å²) >= 11 is 0. The van der Waals surface area contributed by atoms with E-state index < -0.39 is 0 Å². The lowest BCUT2D eigenvalue weighted by Crippen LogP contribution is -2.19. The largest absolute Gasteiger partial charge is 0.340 e. The molecule has 4 rings (SSSR count). The summed E-state index contributed by atoms with van der Waals surface area (Å²) in [5.74, 6) is 1.20. The van der Waals surface area contributed by atoms with Crippen molar-refractivity contribution in [3.63, 3.8) is 0 Å². The molecule has 4 N–H and O–H groups in total. The number of carbonyl (C=O) groups excluding carboxylic acids is 1. The fraction of sp³-hybridized carbons (Fsp3) is 0.115. The summed E-state index contributed by atoms with van der Waals surface area (Å²) in [5, 5.41) is 12.2. The van der Waals surface area contributed by atoms with Gasteiger partial charge in [0.15, 0.2) is 0 Å². The highest BCUT2D eigenvalue weighted by Crippen LogP contribution is 2.21. The summed E-state index contributed by atoms with van der Waals surface area (Å²) in [5.41, 5.74) is 6.28. The molecule has 7 heteroatoms. The highest BCUT2D eigenvalue weighted by atomic mass is 16.2. The van der Waals surface area contributed by atoms with Crippen LogP contribution in [0.1, 0.15) is 16.8 Å². The van der Waals surface area contributed by atoms with Gasteiger partial charge in [0.25, 0.3) is 0 Å². The normalized spacial score (nSPS) is 10.4. The van der Waals surface area contributed by atoms with Crippen molar-refractivity contribution in [2.45, 2.75) is 20.8 Å². The van der Waals surface area contributed by atoms with Gasteiger partial charge in [0.1, 0.15) is 5.82 Å². The van der Waals surface area contributed by atoms with Crippen molar-refractivity contribution in [1.82, 2.24) is 9.97 Å². The molecule has 3 aromatic carbocycles. The fourth-order valence-electron chi connectivity index (χ4n) is 3.24. The van der Waals surface area contributed by atoms with Gasteiger partial charge in [-0.15, -0.1) is 0 Å². The van der Waals surface area contributed by atoms with Crippen molar-refractivity contribution in [2.24, 2.45) is 0 Å². The number of hydrogen-bond donors (Lipinski definition) is 4. The van der Waals surface area contributed by atoms with Crippen LogP contribution in [0.2, 0.25) is 0 Å². The number of rotatable bonds is 6. The van der Waals surface area contributed by atoms with Gasteiger partial charge in [0, 0.05) is 34.5 Å². The molecule has 0 radical (unpaired) electrons. The van der Waals surface area contributed by atoms with Gasteiger partial charge in [0.05, 0.1) is 0 Å². The maximum absolute atomic E-state index is 12.3. The van der Waals surface area contributed by atoms with Crippen LogP contribution in [-0.2, 0) is 0 Å².